The summed E-state index contributed by atoms with van der Waals surface area (Å²) in [7, 11) is 0. The minimum Gasteiger partial charge on any atom is -0.354 e. The molecule has 0 amide bonds. The third-order valence-electron chi connectivity index (χ3n) is 4.78. The average molecular weight is 355 g/mol. The van der Waals surface area contributed by atoms with Crippen molar-refractivity contribution in [1.82, 2.24) is 9.97 Å². The molecule has 138 valence electrons. The van der Waals surface area contributed by atoms with Crippen molar-refractivity contribution >= 4 is 23.1 Å². The van der Waals surface area contributed by atoms with Crippen molar-refractivity contribution in [2.45, 2.75) is 52.5 Å². The van der Waals surface area contributed by atoms with E-state index in [1.807, 2.05) is 6.07 Å². The summed E-state index contributed by atoms with van der Waals surface area (Å²) in [5.41, 5.74) is 2.33. The fourth-order valence-electron chi connectivity index (χ4n) is 3.36. The van der Waals surface area contributed by atoms with Gasteiger partial charge in [0.1, 0.15) is 5.82 Å². The van der Waals surface area contributed by atoms with Gasteiger partial charge in [0.15, 0.2) is 0 Å². The van der Waals surface area contributed by atoms with Gasteiger partial charge in [0.2, 0.25) is 5.95 Å². The Kier molecular flexibility index (Phi) is 5.35. The van der Waals surface area contributed by atoms with Crippen molar-refractivity contribution < 1.29 is 4.92 Å². The van der Waals surface area contributed by atoms with Gasteiger partial charge in [0.05, 0.1) is 4.92 Å². The molecule has 0 spiro atoms. The molecule has 1 aliphatic heterocycles. The third-order valence-corrected chi connectivity index (χ3v) is 4.78. The van der Waals surface area contributed by atoms with Crippen LogP contribution in [0.15, 0.2) is 24.3 Å². The zero-order valence-electron chi connectivity index (χ0n) is 15.5. The Morgan fingerprint density at radius 3 is 2.81 bits per heavy atom. The molecule has 1 aliphatic rings. The van der Waals surface area contributed by atoms with Crippen LogP contribution in [0, 0.1) is 17.0 Å². The molecular formula is C19H25N5O2. The van der Waals surface area contributed by atoms with Crippen molar-refractivity contribution in [2.24, 2.45) is 0 Å². The molecule has 1 saturated heterocycles. The summed E-state index contributed by atoms with van der Waals surface area (Å²) in [6.45, 7) is 7.06. The Morgan fingerprint density at radius 1 is 1.35 bits per heavy atom. The minimum atomic E-state index is -0.369. The van der Waals surface area contributed by atoms with E-state index in [4.69, 9.17) is 0 Å². The number of hydrogen-bond donors (Lipinski definition) is 1. The van der Waals surface area contributed by atoms with Gasteiger partial charge in [-0.05, 0) is 39.2 Å². The molecule has 0 saturated carbocycles. The van der Waals surface area contributed by atoms with Gasteiger partial charge >= 0.3 is 0 Å². The molecule has 7 heteroatoms. The van der Waals surface area contributed by atoms with E-state index in [2.05, 4.69) is 40.1 Å². The first kappa shape index (κ1) is 18.1. The van der Waals surface area contributed by atoms with Crippen LogP contribution in [0.1, 0.15) is 44.4 Å². The summed E-state index contributed by atoms with van der Waals surface area (Å²) in [6, 6.07) is 7.61. The van der Waals surface area contributed by atoms with E-state index in [0.717, 1.165) is 30.9 Å². The van der Waals surface area contributed by atoms with Crippen LogP contribution in [0.4, 0.5) is 23.1 Å². The van der Waals surface area contributed by atoms with Gasteiger partial charge in [-0.25, -0.2) is 4.98 Å². The van der Waals surface area contributed by atoms with Crippen molar-refractivity contribution in [2.75, 3.05) is 16.8 Å². The number of hydrogen-bond acceptors (Lipinski definition) is 6. The van der Waals surface area contributed by atoms with E-state index in [-0.39, 0.29) is 10.6 Å². The normalized spacial score (nSPS) is 16.7. The fourth-order valence-corrected chi connectivity index (χ4v) is 3.36. The number of benzene rings is 1. The topological polar surface area (TPSA) is 84.2 Å². The molecule has 0 bridgehead atoms. The van der Waals surface area contributed by atoms with Crippen molar-refractivity contribution in [3.8, 4) is 0 Å². The van der Waals surface area contributed by atoms with Crippen LogP contribution < -0.4 is 10.2 Å². The molecule has 2 heterocycles. The van der Waals surface area contributed by atoms with Crippen LogP contribution in [-0.2, 0) is 6.42 Å². The number of rotatable bonds is 6. The summed E-state index contributed by atoms with van der Waals surface area (Å²) >= 11 is 0. The van der Waals surface area contributed by atoms with Gasteiger partial charge in [-0.15, -0.1) is 0 Å². The van der Waals surface area contributed by atoms with Crippen LogP contribution >= 0.6 is 0 Å². The van der Waals surface area contributed by atoms with Crippen molar-refractivity contribution in [3.63, 3.8) is 0 Å². The molecule has 1 atom stereocenters. The largest absolute Gasteiger partial charge is 0.354 e. The van der Waals surface area contributed by atoms with E-state index >= 15 is 0 Å². The second-order valence-electron chi connectivity index (χ2n) is 6.86. The maximum atomic E-state index is 11.2. The number of nitrogens with one attached hydrogen (secondary N) is 1. The lowest BCUT2D eigenvalue weighted by atomic mass is 10.2. The highest BCUT2D eigenvalue weighted by Gasteiger charge is 2.23. The second-order valence-corrected chi connectivity index (χ2v) is 6.86. The summed E-state index contributed by atoms with van der Waals surface area (Å²) in [5, 5.41) is 14.3. The Hall–Kier alpha value is -2.70. The molecule has 7 nitrogen and oxygen atoms in total. The molecule has 26 heavy (non-hydrogen) atoms. The summed E-state index contributed by atoms with van der Waals surface area (Å²) in [4.78, 5) is 22.4. The highest BCUT2D eigenvalue weighted by molar-refractivity contribution is 5.61. The van der Waals surface area contributed by atoms with E-state index in [9.17, 15) is 10.1 Å². The maximum absolute atomic E-state index is 11.2. The van der Waals surface area contributed by atoms with E-state index in [0.29, 0.717) is 23.2 Å². The van der Waals surface area contributed by atoms with E-state index in [1.165, 1.54) is 18.9 Å². The Balaban J connectivity index is 1.92. The van der Waals surface area contributed by atoms with Crippen LogP contribution in [0.3, 0.4) is 0 Å². The number of anilines is 3. The molecule has 1 N–H and O–H groups in total. The van der Waals surface area contributed by atoms with Gasteiger partial charge in [0, 0.05) is 41.7 Å². The van der Waals surface area contributed by atoms with Gasteiger partial charge in [-0.2, -0.15) is 4.98 Å². The highest BCUT2D eigenvalue weighted by atomic mass is 16.6. The number of nitro groups is 1. The van der Waals surface area contributed by atoms with Gasteiger partial charge < -0.3 is 10.2 Å². The highest BCUT2D eigenvalue weighted by Crippen LogP contribution is 2.28. The van der Waals surface area contributed by atoms with Crippen molar-refractivity contribution in [3.05, 3.63) is 45.6 Å². The fraction of sp³-hybridized carbons (Fsp3) is 0.474. The van der Waals surface area contributed by atoms with Crippen LogP contribution in [0.2, 0.25) is 0 Å². The molecule has 1 aromatic heterocycles. The molecule has 0 radical (unpaired) electrons. The smallest absolute Gasteiger partial charge is 0.274 e. The molecular weight excluding hydrogens is 330 g/mol. The maximum Gasteiger partial charge on any atom is 0.274 e. The number of aryl methyl sites for hydroxylation is 2. The molecule has 1 fully saturated rings. The zero-order valence-corrected chi connectivity index (χ0v) is 15.5. The monoisotopic (exact) mass is 355 g/mol. The molecule has 0 unspecified atom stereocenters. The van der Waals surface area contributed by atoms with Crippen LogP contribution in [0.5, 0.6) is 0 Å². The van der Waals surface area contributed by atoms with E-state index in [1.54, 1.807) is 13.0 Å². The first-order valence-corrected chi connectivity index (χ1v) is 9.14. The van der Waals surface area contributed by atoms with Gasteiger partial charge in [-0.3, -0.25) is 10.1 Å². The number of nitro benzene ring substituents is 1. The molecule has 2 aromatic rings. The molecule has 0 aliphatic carbocycles. The Bertz CT molecular complexity index is 809. The van der Waals surface area contributed by atoms with E-state index < -0.39 is 0 Å². The lowest BCUT2D eigenvalue weighted by Crippen LogP contribution is -2.27. The lowest BCUT2D eigenvalue weighted by Gasteiger charge is -2.23. The predicted octanol–water partition coefficient (Wildman–Crippen LogP) is 4.38. The number of nitrogens with zero attached hydrogens (tertiary/aromatic N) is 4. The van der Waals surface area contributed by atoms with Crippen LogP contribution in [-0.4, -0.2) is 27.5 Å². The Labute approximate surface area is 153 Å². The quantitative estimate of drug-likeness (QED) is 0.611. The summed E-state index contributed by atoms with van der Waals surface area (Å²) < 4.78 is 0. The zero-order chi connectivity index (χ0) is 18.7. The first-order chi connectivity index (χ1) is 12.5. The van der Waals surface area contributed by atoms with Crippen molar-refractivity contribution in [1.29, 1.82) is 0 Å². The van der Waals surface area contributed by atoms with Gasteiger partial charge in [-0.1, -0.05) is 19.4 Å². The average Bonchev–Trinajstić information content (AvgIpc) is 3.02. The summed E-state index contributed by atoms with van der Waals surface area (Å²) in [5.74, 6) is 1.42. The van der Waals surface area contributed by atoms with Crippen LogP contribution in [0.25, 0.3) is 0 Å². The second kappa shape index (κ2) is 7.68. The minimum absolute atomic E-state index is 0.0908. The molecule has 3 rings (SSSR count). The SMILES string of the molecule is CCCc1cc(N2CCC[C@@H]2C)nc(Nc2ccc(C)c([N+](=O)[O-])c2)n1. The number of aromatic nitrogens is 2. The predicted molar refractivity (Wildman–Crippen MR) is 103 cm³/mol. The first-order valence-electron chi connectivity index (χ1n) is 9.14. The third kappa shape index (κ3) is 3.92. The van der Waals surface area contributed by atoms with Gasteiger partial charge in [0.25, 0.3) is 5.69 Å². The lowest BCUT2D eigenvalue weighted by molar-refractivity contribution is -0.385. The Morgan fingerprint density at radius 2 is 2.15 bits per heavy atom. The molecule has 1 aromatic carbocycles. The summed E-state index contributed by atoms with van der Waals surface area (Å²) in [6.07, 6.45) is 4.21. The standard InChI is InChI=1S/C19H25N5O2/c1-4-6-15-12-18(23-10-5-7-14(23)3)22-19(20-15)21-16-9-8-13(2)17(11-16)24(25)26/h8-9,11-12,14H,4-7,10H2,1-3H3,(H,20,21,22)/t14-/m0/s1.